The fourth-order valence-corrected chi connectivity index (χ4v) is 0.683. The number of halogens is 4. The third kappa shape index (κ3) is 1.91. The lowest BCUT2D eigenvalue weighted by molar-refractivity contribution is -0.387. The molecule has 0 aliphatic carbocycles. The van der Waals surface area contributed by atoms with E-state index in [0.717, 1.165) is 0 Å². The molecule has 0 spiro atoms. The van der Waals surface area contributed by atoms with Crippen LogP contribution in [-0.4, -0.2) is 23.8 Å². The van der Waals surface area contributed by atoms with E-state index in [1.807, 2.05) is 0 Å². The Hall–Kier alpha value is 0.320. The van der Waals surface area contributed by atoms with Gasteiger partial charge in [-0.25, -0.2) is 0 Å². The summed E-state index contributed by atoms with van der Waals surface area (Å²) in [5.74, 6) is -1.40. The maximum Gasteiger partial charge on any atom is 0.365 e. The maximum absolute atomic E-state index is 12.7. The molecule has 1 aliphatic rings. The summed E-state index contributed by atoms with van der Waals surface area (Å²) in [5, 5.41) is 0. The van der Waals surface area contributed by atoms with Crippen molar-refractivity contribution in [3.63, 3.8) is 0 Å². The summed E-state index contributed by atoms with van der Waals surface area (Å²) < 4.78 is 29.4. The number of rotatable bonds is 2. The third-order valence-corrected chi connectivity index (χ3v) is 1.55. The van der Waals surface area contributed by atoms with Gasteiger partial charge in [0.25, 0.3) is 0 Å². The standard InChI is InChI=1S/C4H4Cl2F2O3/c5-1-3(7)9-4(8,2-6)11-10-3/h1-2H2/t3-,4+. The first kappa shape index (κ1) is 9.41. The van der Waals surface area contributed by atoms with Gasteiger partial charge in [0.15, 0.2) is 0 Å². The zero-order valence-corrected chi connectivity index (χ0v) is 6.66. The zero-order valence-electron chi connectivity index (χ0n) is 5.15. The number of ether oxygens (including phenoxy) is 1. The summed E-state index contributed by atoms with van der Waals surface area (Å²) in [6.07, 6.45) is 0. The van der Waals surface area contributed by atoms with Crippen molar-refractivity contribution < 1.29 is 23.3 Å². The van der Waals surface area contributed by atoms with E-state index in [4.69, 9.17) is 23.2 Å². The van der Waals surface area contributed by atoms with Crippen LogP contribution in [0.15, 0.2) is 0 Å². The molecule has 7 heteroatoms. The fourth-order valence-electron chi connectivity index (χ4n) is 0.485. The minimum atomic E-state index is -2.74. The van der Waals surface area contributed by atoms with Gasteiger partial charge in [0.05, 0.1) is 0 Å². The summed E-state index contributed by atoms with van der Waals surface area (Å²) in [4.78, 5) is 7.63. The molecule has 0 radical (unpaired) electrons. The topological polar surface area (TPSA) is 27.7 Å². The van der Waals surface area contributed by atoms with Crippen molar-refractivity contribution in [2.24, 2.45) is 0 Å². The SMILES string of the molecule is F[C@]1(CCl)OO[C@@](F)(CCl)O1. The van der Waals surface area contributed by atoms with Crippen LogP contribution in [0.5, 0.6) is 0 Å². The summed E-state index contributed by atoms with van der Waals surface area (Å²) in [6, 6.07) is -5.49. The molecule has 1 aliphatic heterocycles. The molecule has 0 amide bonds. The van der Waals surface area contributed by atoms with E-state index in [9.17, 15) is 8.78 Å². The van der Waals surface area contributed by atoms with Gasteiger partial charge in [-0.1, -0.05) is 0 Å². The van der Waals surface area contributed by atoms with Crippen LogP contribution in [-0.2, 0) is 14.5 Å². The van der Waals surface area contributed by atoms with Gasteiger partial charge in [0, 0.05) is 0 Å². The van der Waals surface area contributed by atoms with Crippen molar-refractivity contribution in [3.8, 4) is 0 Å². The normalized spacial score (nSPS) is 44.7. The van der Waals surface area contributed by atoms with Crippen LogP contribution in [0.1, 0.15) is 0 Å². The molecular formula is C4H4Cl2F2O3. The average molecular weight is 209 g/mol. The maximum atomic E-state index is 12.7. The molecule has 0 aromatic rings. The Morgan fingerprint density at radius 3 is 1.55 bits per heavy atom. The Balaban J connectivity index is 2.58. The molecule has 0 N–H and O–H groups in total. The smallest absolute Gasteiger partial charge is 0.257 e. The molecule has 3 nitrogen and oxygen atoms in total. The van der Waals surface area contributed by atoms with E-state index in [1.165, 1.54) is 0 Å². The van der Waals surface area contributed by atoms with Gasteiger partial charge in [0.2, 0.25) is 0 Å². The monoisotopic (exact) mass is 208 g/mol. The molecule has 2 atom stereocenters. The second-order valence-electron chi connectivity index (χ2n) is 1.86. The van der Waals surface area contributed by atoms with Crippen molar-refractivity contribution in [2.75, 3.05) is 11.8 Å². The lowest BCUT2D eigenvalue weighted by atomic mass is 10.6. The van der Waals surface area contributed by atoms with Crippen LogP contribution in [0.4, 0.5) is 8.78 Å². The van der Waals surface area contributed by atoms with Crippen LogP contribution in [0.25, 0.3) is 0 Å². The summed E-state index contributed by atoms with van der Waals surface area (Å²) >= 11 is 10.0. The quantitative estimate of drug-likeness (QED) is 0.511. The molecule has 1 rings (SSSR count). The minimum Gasteiger partial charge on any atom is -0.257 e. The molecule has 0 saturated carbocycles. The molecule has 1 fully saturated rings. The van der Waals surface area contributed by atoms with Crippen LogP contribution in [0.2, 0.25) is 0 Å². The van der Waals surface area contributed by atoms with E-state index in [0.29, 0.717) is 0 Å². The van der Waals surface area contributed by atoms with Crippen molar-refractivity contribution in [3.05, 3.63) is 0 Å². The van der Waals surface area contributed by atoms with Crippen LogP contribution in [0, 0.1) is 0 Å². The fraction of sp³-hybridized carbons (Fsp3) is 1.00. The van der Waals surface area contributed by atoms with Crippen molar-refractivity contribution >= 4 is 23.2 Å². The minimum absolute atomic E-state index is 0.699. The summed E-state index contributed by atoms with van der Waals surface area (Å²) in [5.41, 5.74) is 0. The van der Waals surface area contributed by atoms with Crippen LogP contribution >= 0.6 is 23.2 Å². The molecule has 1 heterocycles. The van der Waals surface area contributed by atoms with Gasteiger partial charge in [-0.15, -0.1) is 23.2 Å². The Morgan fingerprint density at radius 1 is 1.00 bits per heavy atom. The molecule has 0 aromatic heterocycles. The molecule has 66 valence electrons. The lowest BCUT2D eigenvalue weighted by Crippen LogP contribution is -2.32. The highest BCUT2D eigenvalue weighted by atomic mass is 35.5. The molecule has 0 aromatic carbocycles. The predicted molar refractivity (Wildman–Crippen MR) is 32.4 cm³/mol. The molecule has 0 bridgehead atoms. The van der Waals surface area contributed by atoms with Crippen molar-refractivity contribution in [1.82, 2.24) is 0 Å². The Labute approximate surface area is 71.0 Å². The van der Waals surface area contributed by atoms with E-state index in [-0.39, 0.29) is 0 Å². The van der Waals surface area contributed by atoms with Gasteiger partial charge < -0.3 is 0 Å². The highest BCUT2D eigenvalue weighted by Crippen LogP contribution is 2.36. The van der Waals surface area contributed by atoms with Gasteiger partial charge >= 0.3 is 12.1 Å². The number of hydrogen-bond acceptors (Lipinski definition) is 3. The van der Waals surface area contributed by atoms with E-state index in [1.54, 1.807) is 0 Å². The first-order valence-corrected chi connectivity index (χ1v) is 3.67. The van der Waals surface area contributed by atoms with Crippen molar-refractivity contribution in [1.29, 1.82) is 0 Å². The van der Waals surface area contributed by atoms with Crippen LogP contribution in [0.3, 0.4) is 0 Å². The predicted octanol–water partition coefficient (Wildman–Crippen LogP) is 1.69. The third-order valence-electron chi connectivity index (χ3n) is 0.915. The highest BCUT2D eigenvalue weighted by molar-refractivity contribution is 6.18. The van der Waals surface area contributed by atoms with Gasteiger partial charge in [-0.05, 0) is 0 Å². The Bertz CT molecular complexity index is 144. The van der Waals surface area contributed by atoms with Crippen LogP contribution < -0.4 is 0 Å². The zero-order chi connectivity index (χ0) is 8.54. The largest absolute Gasteiger partial charge is 0.365 e. The van der Waals surface area contributed by atoms with E-state index < -0.39 is 23.8 Å². The second-order valence-corrected chi connectivity index (χ2v) is 2.39. The first-order chi connectivity index (χ1) is 5.04. The van der Waals surface area contributed by atoms with E-state index >= 15 is 0 Å². The van der Waals surface area contributed by atoms with Gasteiger partial charge in [0.1, 0.15) is 11.8 Å². The average Bonchev–Trinajstić information content (AvgIpc) is 2.30. The van der Waals surface area contributed by atoms with E-state index in [2.05, 4.69) is 14.5 Å². The van der Waals surface area contributed by atoms with Gasteiger partial charge in [-0.3, -0.25) is 4.74 Å². The number of alkyl halides is 4. The Morgan fingerprint density at radius 2 is 1.36 bits per heavy atom. The lowest BCUT2D eigenvalue weighted by Gasteiger charge is -2.13. The number of hydrogen-bond donors (Lipinski definition) is 0. The highest BCUT2D eigenvalue weighted by Gasteiger charge is 2.54. The Kier molecular flexibility index (Phi) is 2.56. The summed E-state index contributed by atoms with van der Waals surface area (Å²) in [6.45, 7) is 0. The summed E-state index contributed by atoms with van der Waals surface area (Å²) in [7, 11) is 0. The first-order valence-electron chi connectivity index (χ1n) is 2.60. The molecular weight excluding hydrogens is 205 g/mol. The molecule has 1 saturated heterocycles. The molecule has 11 heavy (non-hydrogen) atoms. The van der Waals surface area contributed by atoms with Gasteiger partial charge in [-0.2, -0.15) is 18.6 Å². The second kappa shape index (κ2) is 2.99. The van der Waals surface area contributed by atoms with Crippen molar-refractivity contribution in [2.45, 2.75) is 12.1 Å². The molecule has 0 unspecified atom stereocenters.